The predicted molar refractivity (Wildman–Crippen MR) is 67.9 cm³/mol. The lowest BCUT2D eigenvalue weighted by atomic mass is 9.52. The van der Waals surface area contributed by atoms with Crippen molar-refractivity contribution in [3.8, 4) is 0 Å². The average Bonchev–Trinajstić information content (AvgIpc) is 2.74. The topological polar surface area (TPSA) is 73.8 Å². The van der Waals surface area contributed by atoms with E-state index in [4.69, 9.17) is 11.6 Å². The number of hydrogen-bond acceptors (Lipinski definition) is 4. The minimum Gasteiger partial charge on any atom is -0.390 e. The molecule has 0 aromatic carbocycles. The highest BCUT2D eigenvalue weighted by atomic mass is 35.5. The third kappa shape index (κ3) is 1.62. The maximum atomic E-state index is 10.7. The Kier molecular flexibility index (Phi) is 2.13. The summed E-state index contributed by atoms with van der Waals surface area (Å²) in [5.41, 5.74) is -0.132. The van der Waals surface area contributed by atoms with Crippen LogP contribution in [0, 0.1) is 22.0 Å². The van der Waals surface area contributed by atoms with Gasteiger partial charge in [-0.15, -0.1) is 11.6 Å². The van der Waals surface area contributed by atoms with Crippen LogP contribution >= 0.6 is 11.6 Å². The van der Waals surface area contributed by atoms with E-state index in [1.54, 1.807) is 4.68 Å². The molecule has 4 saturated carbocycles. The molecule has 0 saturated heterocycles. The van der Waals surface area contributed by atoms with Crippen LogP contribution in [0.1, 0.15) is 38.5 Å². The lowest BCUT2D eigenvalue weighted by Crippen LogP contribution is -2.57. The third-order valence-corrected chi connectivity index (χ3v) is 5.53. The van der Waals surface area contributed by atoms with Gasteiger partial charge in [0.25, 0.3) is 0 Å². The van der Waals surface area contributed by atoms with E-state index in [0.717, 1.165) is 32.1 Å². The minimum atomic E-state index is -0.534. The molecule has 0 aliphatic heterocycles. The van der Waals surface area contributed by atoms with Crippen LogP contribution in [0.15, 0.2) is 6.33 Å². The Labute approximate surface area is 115 Å². The maximum absolute atomic E-state index is 10.7. The van der Waals surface area contributed by atoms with Gasteiger partial charge in [0.2, 0.25) is 6.33 Å². The average molecular weight is 283 g/mol. The van der Waals surface area contributed by atoms with Crippen LogP contribution in [0.5, 0.6) is 0 Å². The van der Waals surface area contributed by atoms with Crippen molar-refractivity contribution in [1.29, 1.82) is 0 Å². The van der Waals surface area contributed by atoms with E-state index < -0.39 is 4.92 Å². The first-order chi connectivity index (χ1) is 8.98. The number of aromatic nitrogens is 3. The molecule has 1 aromatic heterocycles. The van der Waals surface area contributed by atoms with Crippen molar-refractivity contribution in [2.24, 2.45) is 11.8 Å². The Morgan fingerprint density at radius 2 is 2.05 bits per heavy atom. The maximum Gasteiger partial charge on any atom is 0.490 e. The van der Waals surface area contributed by atoms with Crippen LogP contribution < -0.4 is 0 Å². The standard InChI is InChI=1S/C12H15ClN4O2/c13-11-2-8-1-9(3-11)5-12(4-8,6-11)16-7-14-10(15-16)17(18)19/h7-9H,1-6H2/t8-,9-,11?,12?/m1/s1. The molecule has 102 valence electrons. The summed E-state index contributed by atoms with van der Waals surface area (Å²) in [6, 6.07) is 0. The van der Waals surface area contributed by atoms with E-state index in [9.17, 15) is 10.1 Å². The monoisotopic (exact) mass is 282 g/mol. The largest absolute Gasteiger partial charge is 0.490 e. The van der Waals surface area contributed by atoms with Crippen molar-refractivity contribution in [2.75, 3.05) is 0 Å². The predicted octanol–water partition coefficient (Wildman–Crippen LogP) is 2.47. The van der Waals surface area contributed by atoms with Crippen LogP contribution in [-0.2, 0) is 5.54 Å². The zero-order valence-corrected chi connectivity index (χ0v) is 11.2. The van der Waals surface area contributed by atoms with Crippen molar-refractivity contribution in [2.45, 2.75) is 48.9 Å². The first-order valence-corrected chi connectivity index (χ1v) is 7.11. The molecule has 4 aliphatic carbocycles. The van der Waals surface area contributed by atoms with E-state index in [1.165, 1.54) is 12.7 Å². The fraction of sp³-hybridized carbons (Fsp3) is 0.833. The van der Waals surface area contributed by atoms with Gasteiger partial charge in [0, 0.05) is 9.97 Å². The fourth-order valence-electron chi connectivity index (χ4n) is 4.94. The summed E-state index contributed by atoms with van der Waals surface area (Å²) in [5, 5.41) is 14.8. The van der Waals surface area contributed by atoms with Gasteiger partial charge >= 0.3 is 5.95 Å². The Hall–Kier alpha value is -1.17. The van der Waals surface area contributed by atoms with Gasteiger partial charge in [-0.3, -0.25) is 0 Å². The lowest BCUT2D eigenvalue weighted by Gasteiger charge is -2.58. The summed E-state index contributed by atoms with van der Waals surface area (Å²) in [5.74, 6) is 0.975. The summed E-state index contributed by atoms with van der Waals surface area (Å²) in [4.78, 5) is 13.9. The SMILES string of the molecule is O=[N+]([O-])c1ncn(C23C[C@@H]4C[C@H](CC(Cl)(C4)C2)C3)n1. The van der Waals surface area contributed by atoms with E-state index in [0.29, 0.717) is 11.8 Å². The summed E-state index contributed by atoms with van der Waals surface area (Å²) in [6.07, 6.45) is 7.90. The molecule has 1 heterocycles. The summed E-state index contributed by atoms with van der Waals surface area (Å²) >= 11 is 6.74. The molecule has 0 spiro atoms. The molecular weight excluding hydrogens is 268 g/mol. The smallest absolute Gasteiger partial charge is 0.390 e. The van der Waals surface area contributed by atoms with Crippen LogP contribution in [-0.4, -0.2) is 24.6 Å². The molecule has 0 radical (unpaired) electrons. The summed E-state index contributed by atoms with van der Waals surface area (Å²) in [6.45, 7) is 0. The number of hydrogen-bond donors (Lipinski definition) is 0. The van der Waals surface area contributed by atoms with Crippen molar-refractivity contribution >= 4 is 17.5 Å². The molecule has 2 atom stereocenters. The molecule has 19 heavy (non-hydrogen) atoms. The second-order valence-electron chi connectivity index (χ2n) is 6.58. The van der Waals surface area contributed by atoms with Gasteiger partial charge in [-0.25, -0.2) is 0 Å². The van der Waals surface area contributed by atoms with E-state index in [2.05, 4.69) is 10.1 Å². The first kappa shape index (κ1) is 11.6. The zero-order chi connectivity index (χ0) is 13.3. The van der Waals surface area contributed by atoms with Gasteiger partial charge in [0.15, 0.2) is 0 Å². The molecule has 5 rings (SSSR count). The van der Waals surface area contributed by atoms with Crippen molar-refractivity contribution < 1.29 is 4.92 Å². The molecule has 4 aliphatic rings. The Bertz CT molecular complexity index is 544. The van der Waals surface area contributed by atoms with Crippen LogP contribution in [0.25, 0.3) is 0 Å². The second kappa shape index (κ2) is 3.48. The number of nitro groups is 1. The number of rotatable bonds is 2. The normalized spacial score (nSPS) is 43.6. The molecular formula is C12H15ClN4O2. The van der Waals surface area contributed by atoms with Gasteiger partial charge in [0.1, 0.15) is 0 Å². The highest BCUT2D eigenvalue weighted by molar-refractivity contribution is 6.24. The van der Waals surface area contributed by atoms with Crippen LogP contribution in [0.3, 0.4) is 0 Å². The third-order valence-electron chi connectivity index (χ3n) is 5.09. The quantitative estimate of drug-likeness (QED) is 0.474. The van der Waals surface area contributed by atoms with Crippen LogP contribution in [0.4, 0.5) is 5.95 Å². The number of alkyl halides is 1. The second-order valence-corrected chi connectivity index (χ2v) is 7.38. The lowest BCUT2D eigenvalue weighted by molar-refractivity contribution is -0.394. The Morgan fingerprint density at radius 1 is 1.37 bits per heavy atom. The molecule has 4 bridgehead atoms. The first-order valence-electron chi connectivity index (χ1n) is 6.74. The fourth-order valence-corrected chi connectivity index (χ4v) is 5.62. The Morgan fingerprint density at radius 3 is 2.58 bits per heavy atom. The van der Waals surface area contributed by atoms with Crippen molar-refractivity contribution in [3.05, 3.63) is 16.4 Å². The molecule has 0 amide bonds. The van der Waals surface area contributed by atoms with Crippen molar-refractivity contribution in [1.82, 2.24) is 14.8 Å². The molecule has 4 fully saturated rings. The highest BCUT2D eigenvalue weighted by Gasteiger charge is 2.59. The minimum absolute atomic E-state index is 0.120. The van der Waals surface area contributed by atoms with E-state index in [1.807, 2.05) is 0 Å². The molecule has 7 heteroatoms. The number of halogens is 1. The molecule has 1 aromatic rings. The van der Waals surface area contributed by atoms with E-state index in [-0.39, 0.29) is 16.4 Å². The van der Waals surface area contributed by atoms with Gasteiger partial charge in [0.05, 0.1) is 5.54 Å². The van der Waals surface area contributed by atoms with Gasteiger partial charge in [-0.2, -0.15) is 4.68 Å². The summed E-state index contributed by atoms with van der Waals surface area (Å²) < 4.78 is 1.74. The molecule has 0 unspecified atom stereocenters. The van der Waals surface area contributed by atoms with Crippen molar-refractivity contribution in [3.63, 3.8) is 0 Å². The van der Waals surface area contributed by atoms with Crippen LogP contribution in [0.2, 0.25) is 0 Å². The van der Waals surface area contributed by atoms with Gasteiger partial charge in [-0.05, 0) is 55.3 Å². The Balaban J connectivity index is 1.75. The highest BCUT2D eigenvalue weighted by Crippen LogP contribution is 2.62. The van der Waals surface area contributed by atoms with Gasteiger partial charge < -0.3 is 10.1 Å². The zero-order valence-electron chi connectivity index (χ0n) is 10.5. The number of nitrogens with zero attached hydrogens (tertiary/aromatic N) is 4. The molecule has 6 nitrogen and oxygen atoms in total. The molecule has 0 N–H and O–H groups in total. The van der Waals surface area contributed by atoms with Gasteiger partial charge in [-0.1, -0.05) is 4.98 Å². The summed E-state index contributed by atoms with van der Waals surface area (Å²) in [7, 11) is 0. The van der Waals surface area contributed by atoms with E-state index >= 15 is 0 Å².